The molecule has 3 aromatic rings. The van der Waals surface area contributed by atoms with E-state index < -0.39 is 28.5 Å². The van der Waals surface area contributed by atoms with E-state index in [2.05, 4.69) is 5.32 Å². The fourth-order valence-electron chi connectivity index (χ4n) is 4.47. The van der Waals surface area contributed by atoms with Crippen molar-refractivity contribution in [1.29, 1.82) is 0 Å². The number of hydrogen-bond acceptors (Lipinski definition) is 5. The first-order valence-corrected chi connectivity index (χ1v) is 15.3. The van der Waals surface area contributed by atoms with Gasteiger partial charge in [0.05, 0.1) is 19.1 Å². The maximum atomic E-state index is 14.1. The SMILES string of the molecule is CCCCNC(=O)[C@H](Cc1ccccc1)N(Cc1cccc(OC)c1)C(=O)CN(c1ccccc1C)S(C)(=O)=O. The molecule has 1 atom stereocenters. The number of sulfonamides is 1. The first kappa shape index (κ1) is 30.7. The third-order valence-corrected chi connectivity index (χ3v) is 7.78. The number of anilines is 1. The fourth-order valence-corrected chi connectivity index (χ4v) is 5.37. The summed E-state index contributed by atoms with van der Waals surface area (Å²) in [5.41, 5.74) is 2.79. The van der Waals surface area contributed by atoms with Crippen molar-refractivity contribution >= 4 is 27.5 Å². The van der Waals surface area contributed by atoms with E-state index in [9.17, 15) is 18.0 Å². The number of rotatable bonds is 14. The topological polar surface area (TPSA) is 96.0 Å². The number of carbonyl (C=O) groups excluding carboxylic acids is 2. The molecule has 2 amide bonds. The second kappa shape index (κ2) is 14.5. The summed E-state index contributed by atoms with van der Waals surface area (Å²) in [6.07, 6.45) is 3.08. The van der Waals surface area contributed by atoms with Gasteiger partial charge in [-0.25, -0.2) is 8.42 Å². The lowest BCUT2D eigenvalue weighted by Crippen LogP contribution is -2.53. The van der Waals surface area contributed by atoms with Gasteiger partial charge in [0.25, 0.3) is 0 Å². The Hall–Kier alpha value is -3.85. The highest BCUT2D eigenvalue weighted by Gasteiger charge is 2.33. The van der Waals surface area contributed by atoms with Crippen LogP contribution in [0.5, 0.6) is 5.75 Å². The van der Waals surface area contributed by atoms with E-state index in [1.54, 1.807) is 38.3 Å². The first-order valence-electron chi connectivity index (χ1n) is 13.4. The number of methoxy groups -OCH3 is 1. The normalized spacial score (nSPS) is 11.9. The Morgan fingerprint density at radius 1 is 0.950 bits per heavy atom. The maximum Gasteiger partial charge on any atom is 0.244 e. The van der Waals surface area contributed by atoms with Crippen LogP contribution in [-0.4, -0.2) is 57.6 Å². The Labute approximate surface area is 238 Å². The highest BCUT2D eigenvalue weighted by Crippen LogP contribution is 2.24. The molecule has 9 heteroatoms. The quantitative estimate of drug-likeness (QED) is 0.294. The third kappa shape index (κ3) is 8.58. The molecule has 214 valence electrons. The molecule has 0 saturated carbocycles. The third-order valence-electron chi connectivity index (χ3n) is 6.65. The maximum absolute atomic E-state index is 14.1. The lowest BCUT2D eigenvalue weighted by molar-refractivity contribution is -0.140. The molecule has 0 aliphatic heterocycles. The number of amides is 2. The lowest BCUT2D eigenvalue weighted by atomic mass is 10.0. The number of nitrogens with zero attached hydrogens (tertiary/aromatic N) is 2. The molecule has 0 unspecified atom stereocenters. The molecule has 3 aromatic carbocycles. The summed E-state index contributed by atoms with van der Waals surface area (Å²) in [6, 6.07) is 22.9. The zero-order valence-corrected chi connectivity index (χ0v) is 24.5. The Bertz CT molecular complexity index is 1380. The molecular formula is C31H39N3O5S. The molecule has 0 aliphatic carbocycles. The van der Waals surface area contributed by atoms with Crippen LogP contribution in [0, 0.1) is 6.92 Å². The molecule has 0 spiro atoms. The summed E-state index contributed by atoms with van der Waals surface area (Å²) in [5.74, 6) is -0.145. The summed E-state index contributed by atoms with van der Waals surface area (Å²) in [6.45, 7) is 3.98. The highest BCUT2D eigenvalue weighted by molar-refractivity contribution is 7.92. The summed E-state index contributed by atoms with van der Waals surface area (Å²) < 4.78 is 32.3. The fraction of sp³-hybridized carbons (Fsp3) is 0.355. The molecule has 40 heavy (non-hydrogen) atoms. The molecular weight excluding hydrogens is 526 g/mol. The van der Waals surface area contributed by atoms with Gasteiger partial charge in [-0.3, -0.25) is 13.9 Å². The van der Waals surface area contributed by atoms with Gasteiger partial charge in [0.2, 0.25) is 21.8 Å². The largest absolute Gasteiger partial charge is 0.497 e. The van der Waals surface area contributed by atoms with Crippen LogP contribution < -0.4 is 14.4 Å². The molecule has 3 rings (SSSR count). The van der Waals surface area contributed by atoms with Crippen LogP contribution in [0.3, 0.4) is 0 Å². The minimum absolute atomic E-state index is 0.0973. The van der Waals surface area contributed by atoms with Gasteiger partial charge >= 0.3 is 0 Å². The van der Waals surface area contributed by atoms with Gasteiger partial charge in [-0.2, -0.15) is 0 Å². The standard InChI is InChI=1S/C31H39N3O5S/c1-5-6-19-32-31(36)29(21-25-14-8-7-9-15-25)33(22-26-16-12-17-27(20-26)39-3)30(35)23-34(40(4,37)38)28-18-11-10-13-24(28)2/h7-18,20,29H,5-6,19,21-23H2,1-4H3,(H,32,36)/t29-/m0/s1. The first-order chi connectivity index (χ1) is 19.1. The van der Waals surface area contributed by atoms with E-state index in [1.807, 2.05) is 61.5 Å². The van der Waals surface area contributed by atoms with Crippen LogP contribution in [-0.2, 0) is 32.6 Å². The van der Waals surface area contributed by atoms with Crippen LogP contribution >= 0.6 is 0 Å². The monoisotopic (exact) mass is 565 g/mol. The van der Waals surface area contributed by atoms with E-state index in [0.29, 0.717) is 18.0 Å². The Morgan fingerprint density at radius 3 is 2.27 bits per heavy atom. The van der Waals surface area contributed by atoms with Gasteiger partial charge in [-0.15, -0.1) is 0 Å². The molecule has 0 saturated heterocycles. The zero-order chi connectivity index (χ0) is 29.1. The Kier molecular flexibility index (Phi) is 11.1. The molecule has 0 heterocycles. The van der Waals surface area contributed by atoms with Crippen molar-refractivity contribution in [2.45, 2.75) is 45.7 Å². The number of benzene rings is 3. The lowest BCUT2D eigenvalue weighted by Gasteiger charge is -2.34. The summed E-state index contributed by atoms with van der Waals surface area (Å²) in [7, 11) is -2.25. The predicted octanol–water partition coefficient (Wildman–Crippen LogP) is 4.33. The smallest absolute Gasteiger partial charge is 0.244 e. The minimum Gasteiger partial charge on any atom is -0.497 e. The van der Waals surface area contributed by atoms with Gasteiger partial charge in [0.15, 0.2) is 0 Å². The van der Waals surface area contributed by atoms with E-state index in [4.69, 9.17) is 4.74 Å². The second-order valence-corrected chi connectivity index (χ2v) is 11.7. The summed E-state index contributed by atoms with van der Waals surface area (Å²) >= 11 is 0. The van der Waals surface area contributed by atoms with Crippen LogP contribution in [0.2, 0.25) is 0 Å². The number of aryl methyl sites for hydroxylation is 1. The van der Waals surface area contributed by atoms with E-state index >= 15 is 0 Å². The van der Waals surface area contributed by atoms with E-state index in [0.717, 1.165) is 40.1 Å². The number of carbonyl (C=O) groups is 2. The predicted molar refractivity (Wildman–Crippen MR) is 159 cm³/mol. The zero-order valence-electron chi connectivity index (χ0n) is 23.7. The minimum atomic E-state index is -3.81. The number of hydrogen-bond donors (Lipinski definition) is 1. The van der Waals surface area contributed by atoms with Gasteiger partial charge in [-0.1, -0.05) is 74.0 Å². The van der Waals surface area contributed by atoms with Crippen molar-refractivity contribution in [2.75, 3.05) is 30.8 Å². The summed E-state index contributed by atoms with van der Waals surface area (Å²) in [4.78, 5) is 29.2. The van der Waals surface area contributed by atoms with Crippen LogP contribution in [0.25, 0.3) is 0 Å². The number of nitrogens with one attached hydrogen (secondary N) is 1. The molecule has 1 N–H and O–H groups in total. The van der Waals surface area contributed by atoms with Gasteiger partial charge in [-0.05, 0) is 48.2 Å². The van der Waals surface area contributed by atoms with Crippen molar-refractivity contribution in [3.8, 4) is 5.75 Å². The van der Waals surface area contributed by atoms with Crippen molar-refractivity contribution in [3.63, 3.8) is 0 Å². The second-order valence-electron chi connectivity index (χ2n) is 9.78. The molecule has 0 fully saturated rings. The van der Waals surface area contributed by atoms with Crippen molar-refractivity contribution in [3.05, 3.63) is 95.6 Å². The average molecular weight is 566 g/mol. The van der Waals surface area contributed by atoms with Crippen molar-refractivity contribution < 1.29 is 22.7 Å². The van der Waals surface area contributed by atoms with Gasteiger partial charge in [0, 0.05) is 19.5 Å². The van der Waals surface area contributed by atoms with Gasteiger partial charge in [0.1, 0.15) is 18.3 Å². The Morgan fingerprint density at radius 2 is 1.62 bits per heavy atom. The molecule has 0 aliphatic rings. The van der Waals surface area contributed by atoms with Crippen LogP contribution in [0.1, 0.15) is 36.5 Å². The molecule has 0 aromatic heterocycles. The van der Waals surface area contributed by atoms with E-state index in [1.165, 1.54) is 4.90 Å². The Balaban J connectivity index is 2.05. The number of para-hydroxylation sites is 1. The van der Waals surface area contributed by atoms with Crippen molar-refractivity contribution in [1.82, 2.24) is 10.2 Å². The number of ether oxygens (including phenoxy) is 1. The van der Waals surface area contributed by atoms with Gasteiger partial charge < -0.3 is 15.0 Å². The van der Waals surface area contributed by atoms with E-state index in [-0.39, 0.29) is 18.9 Å². The molecule has 0 radical (unpaired) electrons. The van der Waals surface area contributed by atoms with Crippen LogP contribution in [0.15, 0.2) is 78.9 Å². The molecule has 8 nitrogen and oxygen atoms in total. The number of unbranched alkanes of at least 4 members (excludes halogenated alkanes) is 1. The summed E-state index contributed by atoms with van der Waals surface area (Å²) in [5, 5.41) is 2.98. The average Bonchev–Trinajstić information content (AvgIpc) is 2.94. The van der Waals surface area contributed by atoms with Crippen molar-refractivity contribution in [2.24, 2.45) is 0 Å². The molecule has 0 bridgehead atoms. The highest BCUT2D eigenvalue weighted by atomic mass is 32.2. The van der Waals surface area contributed by atoms with Crippen LogP contribution in [0.4, 0.5) is 5.69 Å².